The molecule has 0 spiro atoms. The molecule has 0 amide bonds. The second-order valence-corrected chi connectivity index (χ2v) is 15.4. The summed E-state index contributed by atoms with van der Waals surface area (Å²) in [5.41, 5.74) is 13.0. The largest absolute Gasteiger partial charge is 0.310 e. The molecule has 0 fully saturated rings. The highest BCUT2D eigenvalue weighted by Gasteiger charge is 2.15. The van der Waals surface area contributed by atoms with Gasteiger partial charge in [0.15, 0.2) is 0 Å². The summed E-state index contributed by atoms with van der Waals surface area (Å²) in [6.07, 6.45) is 0. The van der Waals surface area contributed by atoms with Gasteiger partial charge in [0.2, 0.25) is 0 Å². The summed E-state index contributed by atoms with van der Waals surface area (Å²) in [5.74, 6) is 0. The molecule has 11 aromatic carbocycles. The predicted molar refractivity (Wildman–Crippen MR) is 253 cm³/mol. The van der Waals surface area contributed by atoms with Crippen molar-refractivity contribution in [3.8, 4) is 44.5 Å². The van der Waals surface area contributed by atoms with Gasteiger partial charge in [-0.25, -0.2) is 0 Å². The van der Waals surface area contributed by atoms with E-state index < -0.39 is 0 Å². The van der Waals surface area contributed by atoms with Crippen LogP contribution in [0.15, 0.2) is 237 Å². The number of nitrogens with zero attached hydrogens (tertiary/aromatic N) is 1. The summed E-state index contributed by atoms with van der Waals surface area (Å²) < 4.78 is 0. The van der Waals surface area contributed by atoms with Crippen molar-refractivity contribution in [1.82, 2.24) is 0 Å². The molecule has 0 unspecified atom stereocenters. The standard InChI is InChI=1S/C58H39N/c1-2-9-40(10-3-1)48-23-24-51-39-54(35-29-50(51)38-48)59(53-33-27-46(28-34-53)56-15-8-16-57-55-14-7-6-12-45(55)30-36-58(56)57)52-31-25-43(26-32-52)42-17-19-44(20-18-42)49-22-21-41-11-4-5-13-47(41)37-49/h1-39H. The Kier molecular flexibility index (Phi) is 8.56. The fourth-order valence-corrected chi connectivity index (χ4v) is 8.74. The topological polar surface area (TPSA) is 3.24 Å². The zero-order valence-corrected chi connectivity index (χ0v) is 32.5. The van der Waals surface area contributed by atoms with Crippen LogP contribution in [0.1, 0.15) is 0 Å². The monoisotopic (exact) mass is 749 g/mol. The Labute approximate surface area is 344 Å². The average Bonchev–Trinajstić information content (AvgIpc) is 3.32. The van der Waals surface area contributed by atoms with Gasteiger partial charge in [-0.1, -0.05) is 188 Å². The Balaban J connectivity index is 0.955. The van der Waals surface area contributed by atoms with Crippen LogP contribution < -0.4 is 4.90 Å². The molecule has 11 rings (SSSR count). The quantitative estimate of drug-likeness (QED) is 0.147. The van der Waals surface area contributed by atoms with Crippen LogP contribution in [-0.4, -0.2) is 0 Å². The molecule has 0 saturated carbocycles. The van der Waals surface area contributed by atoms with Crippen molar-refractivity contribution in [2.45, 2.75) is 0 Å². The van der Waals surface area contributed by atoms with Crippen LogP contribution in [0.25, 0.3) is 87.6 Å². The van der Waals surface area contributed by atoms with Gasteiger partial charge in [0.25, 0.3) is 0 Å². The molecule has 0 aromatic heterocycles. The van der Waals surface area contributed by atoms with E-state index in [2.05, 4.69) is 241 Å². The third kappa shape index (κ3) is 6.49. The first-order valence-corrected chi connectivity index (χ1v) is 20.3. The van der Waals surface area contributed by atoms with Crippen LogP contribution in [-0.2, 0) is 0 Å². The molecule has 276 valence electrons. The van der Waals surface area contributed by atoms with Gasteiger partial charge in [0.05, 0.1) is 0 Å². The number of rotatable bonds is 7. The van der Waals surface area contributed by atoms with Gasteiger partial charge in [-0.3, -0.25) is 0 Å². The van der Waals surface area contributed by atoms with E-state index in [9.17, 15) is 0 Å². The van der Waals surface area contributed by atoms with Gasteiger partial charge in [-0.2, -0.15) is 0 Å². The summed E-state index contributed by atoms with van der Waals surface area (Å²) in [6, 6.07) is 86.2. The van der Waals surface area contributed by atoms with E-state index in [1.54, 1.807) is 0 Å². The molecule has 0 aliphatic rings. The molecule has 11 aromatic rings. The predicted octanol–water partition coefficient (Wildman–Crippen LogP) is 16.4. The van der Waals surface area contributed by atoms with Crippen molar-refractivity contribution >= 4 is 60.2 Å². The van der Waals surface area contributed by atoms with Gasteiger partial charge in [-0.15, -0.1) is 0 Å². The van der Waals surface area contributed by atoms with E-state index in [-0.39, 0.29) is 0 Å². The Morgan fingerprint density at radius 2 is 0.644 bits per heavy atom. The van der Waals surface area contributed by atoms with Gasteiger partial charge >= 0.3 is 0 Å². The summed E-state index contributed by atoms with van der Waals surface area (Å²) in [7, 11) is 0. The number of hydrogen-bond donors (Lipinski definition) is 0. The molecule has 59 heavy (non-hydrogen) atoms. The van der Waals surface area contributed by atoms with Crippen molar-refractivity contribution in [1.29, 1.82) is 0 Å². The zero-order chi connectivity index (χ0) is 39.1. The number of hydrogen-bond acceptors (Lipinski definition) is 1. The molecule has 0 heterocycles. The Hall–Kier alpha value is -7.74. The summed E-state index contributed by atoms with van der Waals surface area (Å²) in [5, 5.41) is 10.0. The van der Waals surface area contributed by atoms with Crippen LogP contribution in [0.3, 0.4) is 0 Å². The van der Waals surface area contributed by atoms with Crippen molar-refractivity contribution in [3.05, 3.63) is 237 Å². The van der Waals surface area contributed by atoms with Crippen molar-refractivity contribution in [2.75, 3.05) is 4.90 Å². The fourth-order valence-electron chi connectivity index (χ4n) is 8.74. The lowest BCUT2D eigenvalue weighted by Gasteiger charge is -2.26. The molecule has 0 N–H and O–H groups in total. The minimum Gasteiger partial charge on any atom is -0.310 e. The van der Waals surface area contributed by atoms with Crippen LogP contribution >= 0.6 is 0 Å². The van der Waals surface area contributed by atoms with E-state index >= 15 is 0 Å². The zero-order valence-electron chi connectivity index (χ0n) is 32.5. The lowest BCUT2D eigenvalue weighted by Crippen LogP contribution is -2.09. The molecule has 0 radical (unpaired) electrons. The maximum atomic E-state index is 2.37. The highest BCUT2D eigenvalue weighted by atomic mass is 15.1. The molecule has 1 heteroatoms. The molecule has 0 aliphatic carbocycles. The Morgan fingerprint density at radius 3 is 1.36 bits per heavy atom. The van der Waals surface area contributed by atoms with Crippen LogP contribution in [0, 0.1) is 0 Å². The molecule has 0 atom stereocenters. The van der Waals surface area contributed by atoms with Gasteiger partial charge in [0, 0.05) is 17.1 Å². The summed E-state index contributed by atoms with van der Waals surface area (Å²) in [6.45, 7) is 0. The lowest BCUT2D eigenvalue weighted by atomic mass is 9.94. The molecule has 0 saturated heterocycles. The van der Waals surface area contributed by atoms with E-state index in [1.807, 2.05) is 0 Å². The Bertz CT molecular complexity index is 3290. The first kappa shape index (κ1) is 34.5. The fraction of sp³-hybridized carbons (Fsp3) is 0. The third-order valence-electron chi connectivity index (χ3n) is 11.8. The maximum absolute atomic E-state index is 2.37. The maximum Gasteiger partial charge on any atom is 0.0468 e. The molecule has 1 nitrogen and oxygen atoms in total. The van der Waals surface area contributed by atoms with E-state index in [4.69, 9.17) is 0 Å². The molecular weight excluding hydrogens is 711 g/mol. The molecular formula is C58H39N. The normalized spacial score (nSPS) is 11.4. The highest BCUT2D eigenvalue weighted by molar-refractivity contribution is 6.12. The van der Waals surface area contributed by atoms with Crippen LogP contribution in [0.2, 0.25) is 0 Å². The number of fused-ring (bicyclic) bond motifs is 5. The third-order valence-corrected chi connectivity index (χ3v) is 11.8. The van der Waals surface area contributed by atoms with E-state index in [1.165, 1.54) is 87.6 Å². The van der Waals surface area contributed by atoms with Crippen LogP contribution in [0.5, 0.6) is 0 Å². The number of benzene rings is 11. The van der Waals surface area contributed by atoms with Gasteiger partial charge < -0.3 is 4.90 Å². The van der Waals surface area contributed by atoms with Gasteiger partial charge in [-0.05, 0) is 136 Å². The average molecular weight is 750 g/mol. The number of anilines is 3. The minimum absolute atomic E-state index is 1.10. The first-order valence-electron chi connectivity index (χ1n) is 20.3. The first-order chi connectivity index (χ1) is 29.2. The summed E-state index contributed by atoms with van der Waals surface area (Å²) >= 11 is 0. The van der Waals surface area contributed by atoms with Gasteiger partial charge in [0.1, 0.15) is 0 Å². The SMILES string of the molecule is c1ccc(-c2ccc3cc(N(c4ccc(-c5ccc(-c6ccc7ccccc7c6)cc5)cc4)c4ccc(-c5cccc6c5ccc5ccccc56)cc4)ccc3c2)cc1. The minimum atomic E-state index is 1.10. The second kappa shape index (κ2) is 14.6. The van der Waals surface area contributed by atoms with Crippen molar-refractivity contribution in [3.63, 3.8) is 0 Å². The Morgan fingerprint density at radius 1 is 0.203 bits per heavy atom. The van der Waals surface area contributed by atoms with Crippen molar-refractivity contribution in [2.24, 2.45) is 0 Å². The highest BCUT2D eigenvalue weighted by Crippen LogP contribution is 2.40. The smallest absolute Gasteiger partial charge is 0.0468 e. The van der Waals surface area contributed by atoms with E-state index in [0.717, 1.165) is 17.1 Å². The lowest BCUT2D eigenvalue weighted by molar-refractivity contribution is 1.29. The second-order valence-electron chi connectivity index (χ2n) is 15.4. The molecule has 0 bridgehead atoms. The van der Waals surface area contributed by atoms with Crippen molar-refractivity contribution < 1.29 is 0 Å². The van der Waals surface area contributed by atoms with Crippen LogP contribution in [0.4, 0.5) is 17.1 Å². The van der Waals surface area contributed by atoms with E-state index in [0.29, 0.717) is 0 Å². The molecule has 0 aliphatic heterocycles. The summed E-state index contributed by atoms with van der Waals surface area (Å²) in [4.78, 5) is 2.37.